The molecule has 0 aliphatic heterocycles. The van der Waals surface area contributed by atoms with Crippen LogP contribution in [-0.4, -0.2) is 47.3 Å². The van der Waals surface area contributed by atoms with E-state index in [1.54, 1.807) is 13.2 Å². The van der Waals surface area contributed by atoms with Gasteiger partial charge < -0.3 is 16.0 Å². The topological polar surface area (TPSA) is 83.3 Å². The molecule has 0 fully saturated rings. The summed E-state index contributed by atoms with van der Waals surface area (Å²) in [6.07, 6.45) is 3.72. The Morgan fingerprint density at radius 1 is 1.36 bits per heavy atom. The van der Waals surface area contributed by atoms with Gasteiger partial charge in [0.05, 0.1) is 6.54 Å². The van der Waals surface area contributed by atoms with Crippen LogP contribution in [0.2, 0.25) is 0 Å². The Bertz CT molecular complexity index is 475. The van der Waals surface area contributed by atoms with Crippen molar-refractivity contribution < 1.29 is 4.79 Å². The Hall–Kier alpha value is -2.05. The summed E-state index contributed by atoms with van der Waals surface area (Å²) in [6.45, 7) is 9.78. The number of nitrogens with one attached hydrogen (secondary N) is 3. The van der Waals surface area contributed by atoms with Gasteiger partial charge in [0.2, 0.25) is 5.91 Å². The lowest BCUT2D eigenvalue weighted by molar-refractivity contribution is -0.121. The van der Waals surface area contributed by atoms with Gasteiger partial charge in [0.25, 0.3) is 0 Å². The van der Waals surface area contributed by atoms with E-state index in [0.717, 1.165) is 13.1 Å². The average molecular weight is 308 g/mol. The molecule has 0 saturated carbocycles. The third kappa shape index (κ3) is 7.66. The molecule has 3 N–H and O–H groups in total. The van der Waals surface area contributed by atoms with Gasteiger partial charge in [0.15, 0.2) is 5.96 Å². The van der Waals surface area contributed by atoms with Crippen LogP contribution >= 0.6 is 0 Å². The molecule has 1 atom stereocenters. The number of hydrogen-bond acceptors (Lipinski definition) is 3. The Kier molecular flexibility index (Phi) is 6.88. The Labute approximate surface area is 132 Å². The first kappa shape index (κ1) is 18.0. The molecule has 1 aromatic rings. The van der Waals surface area contributed by atoms with Gasteiger partial charge in [-0.1, -0.05) is 6.92 Å². The highest BCUT2D eigenvalue weighted by Gasteiger charge is 2.13. The van der Waals surface area contributed by atoms with E-state index in [1.165, 1.54) is 0 Å². The maximum Gasteiger partial charge on any atom is 0.239 e. The molecule has 1 unspecified atom stereocenters. The zero-order chi connectivity index (χ0) is 16.6. The van der Waals surface area contributed by atoms with Gasteiger partial charge in [0, 0.05) is 38.1 Å². The minimum atomic E-state index is -0.228. The van der Waals surface area contributed by atoms with Gasteiger partial charge in [-0.2, -0.15) is 5.10 Å². The van der Waals surface area contributed by atoms with Crippen molar-refractivity contribution in [3.63, 3.8) is 0 Å². The van der Waals surface area contributed by atoms with Crippen LogP contribution in [0.25, 0.3) is 0 Å². The SMILES string of the molecule is CN=C(NCC(=O)NC(C)(C)C)NCC(C)Cn1cccn1. The molecule has 1 aromatic heterocycles. The standard InChI is InChI=1S/C15H28N6O/c1-12(11-21-8-6-7-19-21)9-17-14(16-5)18-10-13(22)20-15(2,3)4/h6-8,12H,9-11H2,1-5H3,(H,20,22)(H2,16,17,18). The van der Waals surface area contributed by atoms with Crippen LogP contribution in [0.1, 0.15) is 27.7 Å². The number of rotatable bonds is 6. The quantitative estimate of drug-likeness (QED) is 0.531. The molecule has 1 amide bonds. The van der Waals surface area contributed by atoms with E-state index in [2.05, 4.69) is 33.0 Å². The van der Waals surface area contributed by atoms with Crippen LogP contribution in [-0.2, 0) is 11.3 Å². The molecule has 0 bridgehead atoms. The second kappa shape index (κ2) is 8.41. The summed E-state index contributed by atoms with van der Waals surface area (Å²) in [7, 11) is 1.69. The lowest BCUT2D eigenvalue weighted by atomic mass is 10.1. The summed E-state index contributed by atoms with van der Waals surface area (Å²) in [5.74, 6) is 0.957. The summed E-state index contributed by atoms with van der Waals surface area (Å²) in [5.41, 5.74) is -0.228. The first-order chi connectivity index (χ1) is 10.3. The molecule has 1 heterocycles. The van der Waals surface area contributed by atoms with E-state index >= 15 is 0 Å². The van der Waals surface area contributed by atoms with E-state index in [9.17, 15) is 4.79 Å². The molecule has 0 saturated heterocycles. The molecule has 0 aliphatic carbocycles. The molecule has 22 heavy (non-hydrogen) atoms. The number of amides is 1. The lowest BCUT2D eigenvalue weighted by Crippen LogP contribution is -2.48. The van der Waals surface area contributed by atoms with Crippen molar-refractivity contribution in [2.24, 2.45) is 10.9 Å². The monoisotopic (exact) mass is 308 g/mol. The zero-order valence-corrected chi connectivity index (χ0v) is 14.2. The van der Waals surface area contributed by atoms with Crippen LogP contribution in [0, 0.1) is 5.92 Å². The predicted molar refractivity (Wildman–Crippen MR) is 88.7 cm³/mol. The van der Waals surface area contributed by atoms with Crippen molar-refractivity contribution in [3.8, 4) is 0 Å². The van der Waals surface area contributed by atoms with Crippen molar-refractivity contribution >= 4 is 11.9 Å². The Balaban J connectivity index is 2.29. The fourth-order valence-corrected chi connectivity index (χ4v) is 1.91. The molecule has 124 valence electrons. The largest absolute Gasteiger partial charge is 0.356 e. The summed E-state index contributed by atoms with van der Waals surface area (Å²) in [5, 5.41) is 13.3. The van der Waals surface area contributed by atoms with Crippen LogP contribution in [0.15, 0.2) is 23.5 Å². The van der Waals surface area contributed by atoms with E-state index in [0.29, 0.717) is 11.9 Å². The molecule has 0 spiro atoms. The molecule has 7 nitrogen and oxygen atoms in total. The predicted octanol–water partition coefficient (Wildman–Crippen LogP) is 0.599. The fourth-order valence-electron chi connectivity index (χ4n) is 1.91. The van der Waals surface area contributed by atoms with Gasteiger partial charge in [-0.3, -0.25) is 14.5 Å². The molecular weight excluding hydrogens is 280 g/mol. The molecule has 7 heteroatoms. The number of guanidine groups is 1. The Morgan fingerprint density at radius 2 is 2.09 bits per heavy atom. The van der Waals surface area contributed by atoms with Gasteiger partial charge in [-0.25, -0.2) is 0 Å². The van der Waals surface area contributed by atoms with Gasteiger partial charge in [-0.05, 0) is 32.8 Å². The van der Waals surface area contributed by atoms with E-state index in [4.69, 9.17) is 0 Å². The smallest absolute Gasteiger partial charge is 0.239 e. The van der Waals surface area contributed by atoms with E-state index in [-0.39, 0.29) is 18.0 Å². The van der Waals surface area contributed by atoms with Crippen molar-refractivity contribution in [3.05, 3.63) is 18.5 Å². The minimum Gasteiger partial charge on any atom is -0.356 e. The van der Waals surface area contributed by atoms with Crippen LogP contribution in [0.4, 0.5) is 0 Å². The van der Waals surface area contributed by atoms with Crippen molar-refractivity contribution in [2.75, 3.05) is 20.1 Å². The van der Waals surface area contributed by atoms with E-state index in [1.807, 2.05) is 37.7 Å². The van der Waals surface area contributed by atoms with Crippen molar-refractivity contribution in [1.82, 2.24) is 25.7 Å². The summed E-state index contributed by atoms with van der Waals surface area (Å²) >= 11 is 0. The van der Waals surface area contributed by atoms with Crippen molar-refractivity contribution in [2.45, 2.75) is 39.8 Å². The fraction of sp³-hybridized carbons (Fsp3) is 0.667. The lowest BCUT2D eigenvalue weighted by Gasteiger charge is -2.21. The number of aromatic nitrogens is 2. The minimum absolute atomic E-state index is 0.0555. The number of aliphatic imine (C=N–C) groups is 1. The number of carbonyl (C=O) groups is 1. The summed E-state index contributed by atoms with van der Waals surface area (Å²) in [4.78, 5) is 15.9. The van der Waals surface area contributed by atoms with Crippen LogP contribution in [0.3, 0.4) is 0 Å². The third-order valence-electron chi connectivity index (χ3n) is 2.83. The highest BCUT2D eigenvalue weighted by atomic mass is 16.2. The van der Waals surface area contributed by atoms with Gasteiger partial charge in [0.1, 0.15) is 0 Å². The van der Waals surface area contributed by atoms with E-state index < -0.39 is 0 Å². The van der Waals surface area contributed by atoms with Crippen LogP contribution < -0.4 is 16.0 Å². The molecule has 0 aliphatic rings. The van der Waals surface area contributed by atoms with Gasteiger partial charge >= 0.3 is 0 Å². The highest BCUT2D eigenvalue weighted by Crippen LogP contribution is 1.98. The molecule has 0 aromatic carbocycles. The number of carbonyl (C=O) groups excluding carboxylic acids is 1. The second-order valence-electron chi connectivity index (χ2n) is 6.44. The third-order valence-corrected chi connectivity index (χ3v) is 2.83. The second-order valence-corrected chi connectivity index (χ2v) is 6.44. The van der Waals surface area contributed by atoms with Crippen LogP contribution in [0.5, 0.6) is 0 Å². The Morgan fingerprint density at radius 3 is 2.64 bits per heavy atom. The normalized spacial score (nSPS) is 13.6. The average Bonchev–Trinajstić information content (AvgIpc) is 2.89. The molecule has 0 radical (unpaired) electrons. The zero-order valence-electron chi connectivity index (χ0n) is 14.2. The maximum absolute atomic E-state index is 11.8. The summed E-state index contributed by atoms with van der Waals surface area (Å²) < 4.78 is 1.90. The first-order valence-corrected chi connectivity index (χ1v) is 7.53. The highest BCUT2D eigenvalue weighted by molar-refractivity contribution is 5.86. The molecular formula is C15H28N6O. The number of nitrogens with zero attached hydrogens (tertiary/aromatic N) is 3. The van der Waals surface area contributed by atoms with Crippen molar-refractivity contribution in [1.29, 1.82) is 0 Å². The first-order valence-electron chi connectivity index (χ1n) is 7.53. The maximum atomic E-state index is 11.8. The summed E-state index contributed by atoms with van der Waals surface area (Å²) in [6, 6.07) is 1.91. The van der Waals surface area contributed by atoms with Gasteiger partial charge in [-0.15, -0.1) is 0 Å². The molecule has 1 rings (SSSR count). The number of hydrogen-bond donors (Lipinski definition) is 3.